The Kier molecular flexibility index (Phi) is 6.79. The maximum atomic E-state index is 13.0. The van der Waals surface area contributed by atoms with Crippen molar-refractivity contribution in [2.45, 2.75) is 58.7 Å². The Labute approximate surface area is 160 Å². The van der Waals surface area contributed by atoms with Crippen molar-refractivity contribution in [2.24, 2.45) is 0 Å². The normalized spacial score (nSPS) is 17.4. The minimum atomic E-state index is -1.29. The average molecular weight is 399 g/mol. The van der Waals surface area contributed by atoms with Crippen LogP contribution in [-0.2, 0) is 22.9 Å². The lowest BCUT2D eigenvalue weighted by molar-refractivity contribution is -0.121. The van der Waals surface area contributed by atoms with Crippen molar-refractivity contribution < 1.29 is 24.5 Å². The zero-order chi connectivity index (χ0) is 20.4. The van der Waals surface area contributed by atoms with Crippen molar-refractivity contribution in [2.75, 3.05) is 25.1 Å². The minimum Gasteiger partial charge on any atom is -0.388 e. The van der Waals surface area contributed by atoms with Crippen molar-refractivity contribution in [3.63, 3.8) is 0 Å². The van der Waals surface area contributed by atoms with Gasteiger partial charge in [-0.3, -0.25) is 19.1 Å². The summed E-state index contributed by atoms with van der Waals surface area (Å²) in [5.74, 6) is -0.105. The number of hydrogen-bond donors (Lipinski definition) is 2. The summed E-state index contributed by atoms with van der Waals surface area (Å²) in [6, 6.07) is 0.974. The van der Waals surface area contributed by atoms with E-state index >= 15 is 0 Å². The molecule has 0 fully saturated rings. The van der Waals surface area contributed by atoms with Crippen LogP contribution in [-0.4, -0.2) is 71.0 Å². The third-order valence-electron chi connectivity index (χ3n) is 4.55. The van der Waals surface area contributed by atoms with Gasteiger partial charge in [-0.25, -0.2) is 4.98 Å². The second kappa shape index (κ2) is 8.51. The molecule has 0 aromatic carbocycles. The van der Waals surface area contributed by atoms with E-state index in [0.29, 0.717) is 6.61 Å². The van der Waals surface area contributed by atoms with Crippen LogP contribution >= 0.6 is 0 Å². The average Bonchev–Trinajstić information content (AvgIpc) is 2.98. The highest BCUT2D eigenvalue weighted by molar-refractivity contribution is 6.76. The Morgan fingerprint density at radius 3 is 2.56 bits per heavy atom. The summed E-state index contributed by atoms with van der Waals surface area (Å²) in [6.45, 7) is 8.53. The van der Waals surface area contributed by atoms with Gasteiger partial charge in [-0.05, 0) is 6.04 Å². The number of nitrogens with zero attached hydrogens (tertiary/aromatic N) is 4. The monoisotopic (exact) mass is 398 g/mol. The van der Waals surface area contributed by atoms with Crippen LogP contribution in [0.3, 0.4) is 0 Å². The number of carbonyl (C=O) groups is 2. The molecular weight excluding hydrogens is 368 g/mol. The fourth-order valence-electron chi connectivity index (χ4n) is 2.75. The Balaban J connectivity index is 2.29. The number of anilines is 1. The quantitative estimate of drug-likeness (QED) is 0.469. The molecule has 1 aliphatic heterocycles. The highest BCUT2D eigenvalue weighted by Gasteiger charge is 2.40. The van der Waals surface area contributed by atoms with Gasteiger partial charge in [0.1, 0.15) is 19.2 Å². The summed E-state index contributed by atoms with van der Waals surface area (Å²) >= 11 is 0. The van der Waals surface area contributed by atoms with E-state index in [9.17, 15) is 19.8 Å². The van der Waals surface area contributed by atoms with Crippen LogP contribution in [0.2, 0.25) is 25.7 Å². The molecule has 152 valence electrons. The van der Waals surface area contributed by atoms with Gasteiger partial charge in [0.15, 0.2) is 17.3 Å². The summed E-state index contributed by atoms with van der Waals surface area (Å²) in [4.78, 5) is 31.6. The third-order valence-corrected chi connectivity index (χ3v) is 6.25. The number of carbonyl (C=O) groups excluding carboxylic acids is 2. The van der Waals surface area contributed by atoms with Gasteiger partial charge in [0, 0.05) is 28.1 Å². The first-order valence-corrected chi connectivity index (χ1v) is 12.8. The first-order valence-electron chi connectivity index (χ1n) is 9.12. The maximum absolute atomic E-state index is 13.0. The van der Waals surface area contributed by atoms with Gasteiger partial charge in [0.2, 0.25) is 6.35 Å². The third kappa shape index (κ3) is 4.75. The van der Waals surface area contributed by atoms with Crippen molar-refractivity contribution >= 4 is 25.6 Å². The molecule has 10 heteroatoms. The van der Waals surface area contributed by atoms with E-state index < -0.39 is 20.3 Å². The summed E-state index contributed by atoms with van der Waals surface area (Å²) in [5, 5.41) is 20.1. The zero-order valence-electron chi connectivity index (χ0n) is 16.7. The number of aliphatic hydroxyl groups excluding tert-OH is 2. The molecule has 2 N–H and O–H groups in total. The number of imidazole rings is 1. The Morgan fingerprint density at radius 1 is 1.33 bits per heavy atom. The summed E-state index contributed by atoms with van der Waals surface area (Å²) in [5.41, 5.74) is 0.212. The molecule has 1 aromatic heterocycles. The molecule has 27 heavy (non-hydrogen) atoms. The van der Waals surface area contributed by atoms with Crippen LogP contribution < -0.4 is 4.90 Å². The van der Waals surface area contributed by atoms with Crippen LogP contribution in [0, 0.1) is 0 Å². The SMILES string of the molecule is CCC(=O)CN1C(=O)c2c(nc(CO)n2COCC[Si](C)(C)C)N(C)C1O. The van der Waals surface area contributed by atoms with Crippen LogP contribution in [0.25, 0.3) is 0 Å². The van der Waals surface area contributed by atoms with Crippen molar-refractivity contribution in [1.82, 2.24) is 14.5 Å². The van der Waals surface area contributed by atoms with E-state index in [1.165, 1.54) is 9.47 Å². The molecular formula is C17H30N4O5Si. The van der Waals surface area contributed by atoms with Crippen LogP contribution in [0.15, 0.2) is 0 Å². The van der Waals surface area contributed by atoms with E-state index in [4.69, 9.17) is 4.74 Å². The maximum Gasteiger partial charge on any atom is 0.278 e. The van der Waals surface area contributed by atoms with Gasteiger partial charge < -0.3 is 19.8 Å². The molecule has 0 spiro atoms. The van der Waals surface area contributed by atoms with Gasteiger partial charge >= 0.3 is 0 Å². The Morgan fingerprint density at radius 2 is 2.00 bits per heavy atom. The van der Waals surface area contributed by atoms with E-state index in [1.807, 2.05) is 0 Å². The molecule has 1 amide bonds. The Hall–Kier alpha value is -1.75. The van der Waals surface area contributed by atoms with Crippen LogP contribution in [0.5, 0.6) is 0 Å². The zero-order valence-corrected chi connectivity index (χ0v) is 17.7. The van der Waals surface area contributed by atoms with E-state index in [0.717, 1.165) is 10.9 Å². The van der Waals surface area contributed by atoms with Gasteiger partial charge in [-0.15, -0.1) is 0 Å². The smallest absolute Gasteiger partial charge is 0.278 e. The molecule has 0 radical (unpaired) electrons. The topological polar surface area (TPSA) is 108 Å². The largest absolute Gasteiger partial charge is 0.388 e. The first-order chi connectivity index (χ1) is 12.6. The molecule has 0 aliphatic carbocycles. The van der Waals surface area contributed by atoms with Gasteiger partial charge in [0.05, 0.1) is 6.54 Å². The molecule has 0 saturated heterocycles. The van der Waals surface area contributed by atoms with Gasteiger partial charge in [-0.1, -0.05) is 26.6 Å². The van der Waals surface area contributed by atoms with E-state index in [1.54, 1.807) is 14.0 Å². The number of aromatic nitrogens is 2. The van der Waals surface area contributed by atoms with Crippen molar-refractivity contribution in [1.29, 1.82) is 0 Å². The molecule has 0 bridgehead atoms. The van der Waals surface area contributed by atoms with Gasteiger partial charge in [-0.2, -0.15) is 0 Å². The number of rotatable bonds is 9. The van der Waals surface area contributed by atoms with E-state index in [-0.39, 0.29) is 49.4 Å². The lowest BCUT2D eigenvalue weighted by Gasteiger charge is -2.38. The fraction of sp³-hybridized carbons (Fsp3) is 0.706. The molecule has 2 rings (SSSR count). The molecule has 1 aliphatic rings. The summed E-state index contributed by atoms with van der Waals surface area (Å²) in [6.07, 6.45) is -1.02. The molecule has 2 heterocycles. The van der Waals surface area contributed by atoms with Crippen molar-refractivity contribution in [3.05, 3.63) is 11.5 Å². The lowest BCUT2D eigenvalue weighted by atomic mass is 10.2. The predicted octanol–water partition coefficient (Wildman–Crippen LogP) is 0.835. The molecule has 1 aromatic rings. The number of fused-ring (bicyclic) bond motifs is 1. The number of ketones is 1. The standard InChI is InChI=1S/C17H30N4O5Si/c1-6-12(23)9-20-16(24)14-15(19(2)17(20)25)18-13(10-22)21(14)11-26-7-8-27(3,4)5/h17,22,25H,6-11H2,1-5H3. The number of amides is 1. The number of ether oxygens (including phenoxy) is 1. The fourth-order valence-corrected chi connectivity index (χ4v) is 3.51. The lowest BCUT2D eigenvalue weighted by Crippen LogP contribution is -2.55. The highest BCUT2D eigenvalue weighted by Crippen LogP contribution is 2.30. The Bertz CT molecular complexity index is 700. The first kappa shape index (κ1) is 21.5. The number of aliphatic hydroxyl groups is 2. The molecule has 9 nitrogen and oxygen atoms in total. The van der Waals surface area contributed by atoms with Crippen molar-refractivity contribution in [3.8, 4) is 0 Å². The van der Waals surface area contributed by atoms with E-state index in [2.05, 4.69) is 24.6 Å². The summed E-state index contributed by atoms with van der Waals surface area (Å²) < 4.78 is 7.26. The highest BCUT2D eigenvalue weighted by atomic mass is 28.3. The predicted molar refractivity (Wildman–Crippen MR) is 103 cm³/mol. The van der Waals surface area contributed by atoms with Crippen LogP contribution in [0.1, 0.15) is 29.7 Å². The molecule has 0 saturated carbocycles. The second-order valence-corrected chi connectivity index (χ2v) is 13.5. The molecule has 1 unspecified atom stereocenters. The number of Topliss-reactive ketones (excluding diaryl/α,β-unsaturated/α-hetero) is 1. The second-order valence-electron chi connectivity index (χ2n) is 7.92. The van der Waals surface area contributed by atoms with Gasteiger partial charge in [0.25, 0.3) is 5.91 Å². The minimum absolute atomic E-state index is 0.0773. The molecule has 1 atom stereocenters. The summed E-state index contributed by atoms with van der Waals surface area (Å²) in [7, 11) is 0.337. The van der Waals surface area contributed by atoms with Crippen LogP contribution in [0.4, 0.5) is 5.82 Å². The number of hydrogen-bond acceptors (Lipinski definition) is 7.